The Kier molecular flexibility index (Phi) is 5.27. The van der Waals surface area contributed by atoms with E-state index < -0.39 is 0 Å². The Morgan fingerprint density at radius 1 is 1.22 bits per heavy atom. The molecule has 2 aromatic rings. The molecule has 1 aromatic carbocycles. The number of piperidine rings is 1. The first kappa shape index (κ1) is 18.2. The fourth-order valence-electron chi connectivity index (χ4n) is 4.28. The molecule has 2 aliphatic rings. The highest BCUT2D eigenvalue weighted by Crippen LogP contribution is 2.28. The van der Waals surface area contributed by atoms with Crippen LogP contribution in [0.25, 0.3) is 10.9 Å². The SMILES string of the molecule is Cc1ccc2ncccc2c1NC1CCN(CC(=O)N2CCC[C@H]2N)CC1. The summed E-state index contributed by atoms with van der Waals surface area (Å²) in [7, 11) is 0. The first-order chi connectivity index (χ1) is 13.1. The molecule has 4 rings (SSSR count). The summed E-state index contributed by atoms with van der Waals surface area (Å²) in [5, 5.41) is 4.92. The Morgan fingerprint density at radius 3 is 2.78 bits per heavy atom. The van der Waals surface area contributed by atoms with Crippen LogP contribution in [0.15, 0.2) is 30.5 Å². The van der Waals surface area contributed by atoms with E-state index in [2.05, 4.69) is 40.3 Å². The number of benzene rings is 1. The molecule has 0 bridgehead atoms. The molecule has 1 amide bonds. The number of carbonyl (C=O) groups excluding carboxylic acids is 1. The lowest BCUT2D eigenvalue weighted by atomic mass is 10.0. The topological polar surface area (TPSA) is 74.5 Å². The molecular formula is C21H29N5O. The van der Waals surface area contributed by atoms with Gasteiger partial charge in [0.25, 0.3) is 0 Å². The number of aromatic nitrogens is 1. The predicted molar refractivity (Wildman–Crippen MR) is 108 cm³/mol. The number of likely N-dealkylation sites (tertiary alicyclic amines) is 2. The Balaban J connectivity index is 1.35. The minimum atomic E-state index is -0.0837. The fraction of sp³-hybridized carbons (Fsp3) is 0.524. The zero-order valence-corrected chi connectivity index (χ0v) is 16.0. The molecule has 2 saturated heterocycles. The first-order valence-electron chi connectivity index (χ1n) is 10.00. The number of amides is 1. The second kappa shape index (κ2) is 7.82. The van der Waals surface area contributed by atoms with Gasteiger partial charge in [-0.3, -0.25) is 14.7 Å². The van der Waals surface area contributed by atoms with E-state index >= 15 is 0 Å². The number of anilines is 1. The first-order valence-corrected chi connectivity index (χ1v) is 10.00. The molecule has 3 N–H and O–H groups in total. The molecule has 0 radical (unpaired) electrons. The average molecular weight is 367 g/mol. The molecule has 0 spiro atoms. The quantitative estimate of drug-likeness (QED) is 0.868. The monoisotopic (exact) mass is 367 g/mol. The van der Waals surface area contributed by atoms with Gasteiger partial charge in [-0.05, 0) is 56.4 Å². The summed E-state index contributed by atoms with van der Waals surface area (Å²) in [6.45, 7) is 5.33. The number of nitrogens with one attached hydrogen (secondary N) is 1. The van der Waals surface area contributed by atoms with E-state index in [0.29, 0.717) is 12.6 Å². The van der Waals surface area contributed by atoms with Crippen LogP contribution in [0.5, 0.6) is 0 Å². The van der Waals surface area contributed by atoms with Crippen LogP contribution in [0.2, 0.25) is 0 Å². The molecule has 3 heterocycles. The minimum Gasteiger partial charge on any atom is -0.381 e. The van der Waals surface area contributed by atoms with Crippen LogP contribution in [-0.2, 0) is 4.79 Å². The van der Waals surface area contributed by atoms with Gasteiger partial charge >= 0.3 is 0 Å². The zero-order valence-electron chi connectivity index (χ0n) is 16.0. The van der Waals surface area contributed by atoms with Crippen molar-refractivity contribution in [2.75, 3.05) is 31.5 Å². The van der Waals surface area contributed by atoms with Gasteiger partial charge in [-0.1, -0.05) is 6.07 Å². The van der Waals surface area contributed by atoms with E-state index in [0.717, 1.165) is 50.8 Å². The summed E-state index contributed by atoms with van der Waals surface area (Å²) < 4.78 is 0. The van der Waals surface area contributed by atoms with Gasteiger partial charge in [-0.25, -0.2) is 0 Å². The molecule has 0 aliphatic carbocycles. The Bertz CT molecular complexity index is 815. The molecule has 2 aliphatic heterocycles. The van der Waals surface area contributed by atoms with Crippen LogP contribution >= 0.6 is 0 Å². The van der Waals surface area contributed by atoms with Crippen molar-refractivity contribution in [3.05, 3.63) is 36.0 Å². The minimum absolute atomic E-state index is 0.0837. The molecular weight excluding hydrogens is 338 g/mol. The van der Waals surface area contributed by atoms with Crippen LogP contribution in [0.1, 0.15) is 31.2 Å². The standard InChI is InChI=1S/C21H29N5O/c1-15-6-7-18-17(4-2-10-23-18)21(15)24-16-8-12-25(13-9-16)14-20(27)26-11-3-5-19(26)22/h2,4,6-7,10,16,19,24H,3,5,8-9,11-14,22H2,1H3/t19-/m0/s1. The number of nitrogens with zero attached hydrogens (tertiary/aromatic N) is 3. The van der Waals surface area contributed by atoms with Gasteiger partial charge in [0.1, 0.15) is 0 Å². The maximum atomic E-state index is 12.5. The highest BCUT2D eigenvalue weighted by molar-refractivity contribution is 5.93. The summed E-state index contributed by atoms with van der Waals surface area (Å²) in [6, 6.07) is 8.75. The number of nitrogens with two attached hydrogens (primary N) is 1. The van der Waals surface area contributed by atoms with Gasteiger partial charge in [-0.15, -0.1) is 0 Å². The van der Waals surface area contributed by atoms with Gasteiger partial charge in [0, 0.05) is 42.9 Å². The van der Waals surface area contributed by atoms with Crippen molar-refractivity contribution in [2.45, 2.75) is 44.8 Å². The zero-order chi connectivity index (χ0) is 18.8. The Hall–Kier alpha value is -2.18. The van der Waals surface area contributed by atoms with E-state index in [9.17, 15) is 4.79 Å². The van der Waals surface area contributed by atoms with Crippen LogP contribution in [0.3, 0.4) is 0 Å². The van der Waals surface area contributed by atoms with Gasteiger partial charge in [0.15, 0.2) is 0 Å². The Labute approximate surface area is 160 Å². The maximum Gasteiger partial charge on any atom is 0.237 e. The molecule has 27 heavy (non-hydrogen) atoms. The van der Waals surface area contributed by atoms with Crippen molar-refractivity contribution in [1.82, 2.24) is 14.8 Å². The fourth-order valence-corrected chi connectivity index (χ4v) is 4.28. The van der Waals surface area contributed by atoms with Crippen molar-refractivity contribution in [1.29, 1.82) is 0 Å². The predicted octanol–water partition coefficient (Wildman–Crippen LogP) is 2.33. The number of pyridine rings is 1. The van der Waals surface area contributed by atoms with Gasteiger partial charge in [0.2, 0.25) is 5.91 Å². The summed E-state index contributed by atoms with van der Waals surface area (Å²) >= 11 is 0. The van der Waals surface area contributed by atoms with E-state index in [-0.39, 0.29) is 12.1 Å². The van der Waals surface area contributed by atoms with Crippen molar-refractivity contribution in [3.8, 4) is 0 Å². The van der Waals surface area contributed by atoms with Crippen molar-refractivity contribution >= 4 is 22.5 Å². The van der Waals surface area contributed by atoms with Crippen molar-refractivity contribution < 1.29 is 4.79 Å². The summed E-state index contributed by atoms with van der Waals surface area (Å²) in [4.78, 5) is 21.0. The van der Waals surface area contributed by atoms with Crippen molar-refractivity contribution in [3.63, 3.8) is 0 Å². The second-order valence-corrected chi connectivity index (χ2v) is 7.82. The number of carbonyl (C=O) groups is 1. The molecule has 1 atom stereocenters. The molecule has 0 unspecified atom stereocenters. The smallest absolute Gasteiger partial charge is 0.237 e. The van der Waals surface area contributed by atoms with E-state index in [1.165, 1.54) is 16.6 Å². The lowest BCUT2D eigenvalue weighted by molar-refractivity contribution is -0.133. The molecule has 2 fully saturated rings. The number of fused-ring (bicyclic) bond motifs is 1. The van der Waals surface area contributed by atoms with Gasteiger partial charge < -0.3 is 16.0 Å². The normalized spacial score (nSPS) is 21.7. The third-order valence-corrected chi connectivity index (χ3v) is 5.91. The third kappa shape index (κ3) is 3.92. The lowest BCUT2D eigenvalue weighted by Gasteiger charge is -2.34. The average Bonchev–Trinajstić information content (AvgIpc) is 3.11. The van der Waals surface area contributed by atoms with Crippen LogP contribution in [-0.4, -0.2) is 59.1 Å². The van der Waals surface area contributed by atoms with E-state index in [1.54, 1.807) is 0 Å². The van der Waals surface area contributed by atoms with Gasteiger partial charge in [0.05, 0.1) is 18.2 Å². The molecule has 0 saturated carbocycles. The number of hydrogen-bond donors (Lipinski definition) is 2. The molecule has 1 aromatic heterocycles. The number of hydrogen-bond acceptors (Lipinski definition) is 5. The van der Waals surface area contributed by atoms with E-state index in [4.69, 9.17) is 5.73 Å². The number of rotatable bonds is 4. The third-order valence-electron chi connectivity index (χ3n) is 5.91. The van der Waals surface area contributed by atoms with Gasteiger partial charge in [-0.2, -0.15) is 0 Å². The summed E-state index contributed by atoms with van der Waals surface area (Å²) in [5.74, 6) is 0.183. The van der Waals surface area contributed by atoms with E-state index in [1.807, 2.05) is 17.2 Å². The summed E-state index contributed by atoms with van der Waals surface area (Å²) in [5.41, 5.74) is 9.49. The van der Waals surface area contributed by atoms with Crippen LogP contribution in [0.4, 0.5) is 5.69 Å². The Morgan fingerprint density at radius 2 is 2.04 bits per heavy atom. The highest BCUT2D eigenvalue weighted by atomic mass is 16.2. The van der Waals surface area contributed by atoms with Crippen LogP contribution in [0, 0.1) is 6.92 Å². The van der Waals surface area contributed by atoms with Crippen molar-refractivity contribution in [2.24, 2.45) is 5.73 Å². The lowest BCUT2D eigenvalue weighted by Crippen LogP contribution is -2.48. The molecule has 144 valence electrons. The second-order valence-electron chi connectivity index (χ2n) is 7.82. The van der Waals surface area contributed by atoms with Crippen LogP contribution < -0.4 is 11.1 Å². The number of aryl methyl sites for hydroxylation is 1. The molecule has 6 nitrogen and oxygen atoms in total. The summed E-state index contributed by atoms with van der Waals surface area (Å²) in [6.07, 6.45) is 5.78. The molecule has 6 heteroatoms. The maximum absolute atomic E-state index is 12.5. The largest absolute Gasteiger partial charge is 0.381 e. The highest BCUT2D eigenvalue weighted by Gasteiger charge is 2.28.